The second-order valence-corrected chi connectivity index (χ2v) is 7.44. The molecule has 32 heavy (non-hydrogen) atoms. The summed E-state index contributed by atoms with van der Waals surface area (Å²) in [6, 6.07) is 17.6. The van der Waals surface area contributed by atoms with E-state index < -0.39 is 0 Å². The van der Waals surface area contributed by atoms with Crippen LogP contribution in [0.2, 0.25) is 0 Å². The molecular weight excluding hydrogens is 450 g/mol. The molecule has 1 aromatic heterocycles. The number of hydrogen-bond donors (Lipinski definition) is 2. The van der Waals surface area contributed by atoms with Crippen LogP contribution in [0.5, 0.6) is 11.5 Å². The van der Waals surface area contributed by atoms with Crippen LogP contribution in [0.4, 0.5) is 11.4 Å². The van der Waals surface area contributed by atoms with Crippen molar-refractivity contribution in [1.82, 2.24) is 4.98 Å². The fraction of sp³-hybridized carbons (Fsp3) is 0.346. The maximum Gasteiger partial charge on any atom is 0.143 e. The molecule has 6 heteroatoms. The third-order valence-corrected chi connectivity index (χ3v) is 5.02. The van der Waals surface area contributed by atoms with Gasteiger partial charge < -0.3 is 10.2 Å². The van der Waals surface area contributed by atoms with Crippen molar-refractivity contribution < 1.29 is 27.3 Å². The van der Waals surface area contributed by atoms with E-state index in [1.807, 2.05) is 12.4 Å². The molecule has 0 aliphatic heterocycles. The molecular formula is C26H33CuN3O2. The van der Waals surface area contributed by atoms with Gasteiger partial charge >= 0.3 is 0 Å². The van der Waals surface area contributed by atoms with Crippen LogP contribution in [-0.2, 0) is 17.1 Å². The molecule has 5 nitrogen and oxygen atoms in total. The van der Waals surface area contributed by atoms with Crippen molar-refractivity contribution in [3.05, 3.63) is 78.6 Å². The molecule has 3 rings (SSSR count). The minimum Gasteiger partial charge on any atom is -0.506 e. The molecule has 0 aliphatic carbocycles. The van der Waals surface area contributed by atoms with Gasteiger partial charge in [0.1, 0.15) is 22.9 Å². The Bertz CT molecular complexity index is 864. The van der Waals surface area contributed by atoms with E-state index in [0.717, 1.165) is 5.92 Å². The quantitative estimate of drug-likeness (QED) is 0.239. The predicted molar refractivity (Wildman–Crippen MR) is 126 cm³/mol. The zero-order valence-electron chi connectivity index (χ0n) is 18.8. The van der Waals surface area contributed by atoms with E-state index >= 15 is 0 Å². The van der Waals surface area contributed by atoms with Crippen molar-refractivity contribution in [1.29, 1.82) is 0 Å². The van der Waals surface area contributed by atoms with Crippen LogP contribution in [0.3, 0.4) is 0 Å². The van der Waals surface area contributed by atoms with Crippen molar-refractivity contribution in [2.75, 3.05) is 0 Å². The van der Waals surface area contributed by atoms with Crippen LogP contribution < -0.4 is 0 Å². The molecule has 0 atom stereocenters. The number of phenols is 2. The van der Waals surface area contributed by atoms with Crippen LogP contribution in [0.25, 0.3) is 0 Å². The van der Waals surface area contributed by atoms with Gasteiger partial charge in [-0.2, -0.15) is 0 Å². The fourth-order valence-corrected chi connectivity index (χ4v) is 3.22. The number of para-hydroxylation sites is 2. The summed E-state index contributed by atoms with van der Waals surface area (Å²) in [5.74, 6) is 0.872. The molecule has 3 aromatic rings. The average Bonchev–Trinajstić information content (AvgIpc) is 2.81. The molecule has 0 fully saturated rings. The number of pyridine rings is 1. The maximum absolute atomic E-state index is 9.44. The Morgan fingerprint density at radius 3 is 1.56 bits per heavy atom. The van der Waals surface area contributed by atoms with E-state index in [1.54, 1.807) is 36.4 Å². The Morgan fingerprint density at radius 1 is 0.719 bits per heavy atom. The number of benzene rings is 2. The van der Waals surface area contributed by atoms with Crippen molar-refractivity contribution in [2.24, 2.45) is 10.2 Å². The SMILES string of the molecule is CCCCC(CCCC)c1ccncc1.Oc1ccccc1N=Nc1ccccc1O.[Cu]. The van der Waals surface area contributed by atoms with E-state index in [9.17, 15) is 10.2 Å². The minimum absolute atomic E-state index is 0. The number of unbranched alkanes of at least 4 members (excludes halogenated alkanes) is 2. The van der Waals surface area contributed by atoms with Gasteiger partial charge in [-0.1, -0.05) is 63.8 Å². The van der Waals surface area contributed by atoms with Crippen molar-refractivity contribution in [3.63, 3.8) is 0 Å². The summed E-state index contributed by atoms with van der Waals surface area (Å²) in [5, 5.41) is 26.6. The van der Waals surface area contributed by atoms with E-state index in [2.05, 4.69) is 41.2 Å². The van der Waals surface area contributed by atoms with Crippen LogP contribution in [0.1, 0.15) is 63.9 Å². The second-order valence-electron chi connectivity index (χ2n) is 7.44. The number of aromatic hydroxyl groups is 2. The van der Waals surface area contributed by atoms with E-state index in [1.165, 1.54) is 56.2 Å². The van der Waals surface area contributed by atoms with E-state index in [0.29, 0.717) is 11.4 Å². The second kappa shape index (κ2) is 16.0. The smallest absolute Gasteiger partial charge is 0.143 e. The molecule has 0 saturated heterocycles. The number of phenolic OH excluding ortho intramolecular Hbond substituents is 2. The van der Waals surface area contributed by atoms with Gasteiger partial charge in [-0.05, 0) is 60.7 Å². The Morgan fingerprint density at radius 2 is 1.16 bits per heavy atom. The molecule has 0 spiro atoms. The van der Waals surface area contributed by atoms with Gasteiger partial charge in [0, 0.05) is 29.5 Å². The first-order chi connectivity index (χ1) is 15.2. The van der Waals surface area contributed by atoms with Crippen molar-refractivity contribution in [2.45, 2.75) is 58.3 Å². The van der Waals surface area contributed by atoms with Gasteiger partial charge in [0.25, 0.3) is 0 Å². The normalized spacial score (nSPS) is 10.5. The largest absolute Gasteiger partial charge is 0.506 e. The zero-order valence-corrected chi connectivity index (χ0v) is 19.7. The topological polar surface area (TPSA) is 78.1 Å². The first-order valence-electron chi connectivity index (χ1n) is 11.0. The summed E-state index contributed by atoms with van der Waals surface area (Å²) in [5.41, 5.74) is 2.21. The standard InChI is InChI=1S/C14H23N.C12H10N2O2.Cu/c1-3-5-7-13(8-6-4-2)14-9-11-15-12-10-14;15-11-7-3-1-5-9(11)13-14-10-6-2-4-8-12(10)16;/h9-13H,3-8H2,1-2H3;1-8,15-16H;. The number of aromatic nitrogens is 1. The predicted octanol–water partition coefficient (Wildman–Crippen LogP) is 8.06. The minimum atomic E-state index is 0. The van der Waals surface area contributed by atoms with Crippen molar-refractivity contribution in [3.8, 4) is 11.5 Å². The summed E-state index contributed by atoms with van der Waals surface area (Å²) in [7, 11) is 0. The van der Waals surface area contributed by atoms with Crippen LogP contribution >= 0.6 is 0 Å². The fourth-order valence-electron chi connectivity index (χ4n) is 3.22. The Labute approximate surface area is 202 Å². The Balaban J connectivity index is 0.000000311. The maximum atomic E-state index is 9.44. The molecule has 0 amide bonds. The Kier molecular flexibility index (Phi) is 13.7. The number of azo groups is 1. The van der Waals surface area contributed by atoms with Gasteiger partial charge in [0.05, 0.1) is 0 Å². The summed E-state index contributed by atoms with van der Waals surface area (Å²) in [4.78, 5) is 4.09. The van der Waals surface area contributed by atoms with Crippen LogP contribution in [-0.4, -0.2) is 15.2 Å². The molecule has 1 radical (unpaired) electrons. The molecule has 0 unspecified atom stereocenters. The average molecular weight is 483 g/mol. The van der Waals surface area contributed by atoms with Crippen LogP contribution in [0, 0.1) is 0 Å². The summed E-state index contributed by atoms with van der Waals surface area (Å²) >= 11 is 0. The summed E-state index contributed by atoms with van der Waals surface area (Å²) < 4.78 is 0. The van der Waals surface area contributed by atoms with Gasteiger partial charge in [-0.15, -0.1) is 10.2 Å². The summed E-state index contributed by atoms with van der Waals surface area (Å²) in [6.45, 7) is 4.53. The van der Waals surface area contributed by atoms with Gasteiger partial charge in [-0.25, -0.2) is 0 Å². The summed E-state index contributed by atoms with van der Waals surface area (Å²) in [6.07, 6.45) is 11.8. The molecule has 0 aliphatic rings. The van der Waals surface area contributed by atoms with Crippen molar-refractivity contribution >= 4 is 11.4 Å². The first kappa shape index (κ1) is 27.3. The van der Waals surface area contributed by atoms with E-state index in [-0.39, 0.29) is 28.6 Å². The number of hydrogen-bond acceptors (Lipinski definition) is 5. The third-order valence-electron chi connectivity index (χ3n) is 5.02. The number of nitrogens with zero attached hydrogens (tertiary/aromatic N) is 3. The van der Waals surface area contributed by atoms with Gasteiger partial charge in [-0.3, -0.25) is 4.98 Å². The van der Waals surface area contributed by atoms with Gasteiger partial charge in [0.2, 0.25) is 0 Å². The number of rotatable bonds is 9. The Hall–Kier alpha value is -2.69. The molecule has 2 N–H and O–H groups in total. The molecule has 2 aromatic carbocycles. The molecule has 0 saturated carbocycles. The van der Waals surface area contributed by atoms with Gasteiger partial charge in [0.15, 0.2) is 0 Å². The molecule has 1 heterocycles. The third kappa shape index (κ3) is 9.63. The van der Waals surface area contributed by atoms with Crippen LogP contribution in [0.15, 0.2) is 83.3 Å². The molecule has 0 bridgehead atoms. The molecule has 175 valence electrons. The monoisotopic (exact) mass is 482 g/mol. The zero-order chi connectivity index (χ0) is 22.3. The first-order valence-corrected chi connectivity index (χ1v) is 11.0. The van der Waals surface area contributed by atoms with E-state index in [4.69, 9.17) is 0 Å².